The van der Waals surface area contributed by atoms with E-state index in [4.69, 9.17) is 21.9 Å². The number of rotatable bonds is 4. The molecule has 94 valence electrons. The zero-order valence-corrected chi connectivity index (χ0v) is 10.5. The first-order valence-electron chi connectivity index (χ1n) is 5.20. The van der Waals surface area contributed by atoms with Crippen molar-refractivity contribution in [2.75, 3.05) is 13.7 Å². The summed E-state index contributed by atoms with van der Waals surface area (Å²) in [5.74, 6) is -0.0273. The maximum atomic E-state index is 5.41. The van der Waals surface area contributed by atoms with Gasteiger partial charge in [0.1, 0.15) is 0 Å². The number of nitrogens with two attached hydrogens (primary N) is 3. The van der Waals surface area contributed by atoms with Gasteiger partial charge in [-0.3, -0.25) is 0 Å². The summed E-state index contributed by atoms with van der Waals surface area (Å²) in [7, 11) is 1.58. The van der Waals surface area contributed by atoms with Gasteiger partial charge < -0.3 is 21.9 Å². The van der Waals surface area contributed by atoms with Crippen LogP contribution in [0.2, 0.25) is 0 Å². The highest BCUT2D eigenvalue weighted by atomic mass is 16.5. The topological polar surface area (TPSA) is 112 Å². The van der Waals surface area contributed by atoms with Gasteiger partial charge in [0.15, 0.2) is 5.96 Å². The van der Waals surface area contributed by atoms with Gasteiger partial charge in [0.2, 0.25) is 5.96 Å². The number of hydrogen-bond acceptors (Lipinski definition) is 2. The molecule has 0 aliphatic rings. The number of hydrogen-bond donors (Lipinski definition) is 3. The smallest absolute Gasteiger partial charge is 0.218 e. The summed E-state index contributed by atoms with van der Waals surface area (Å²) in [6, 6.07) is 0. The summed E-state index contributed by atoms with van der Waals surface area (Å²) in [6.45, 7) is 6.43. The van der Waals surface area contributed by atoms with Crippen LogP contribution in [0.15, 0.2) is 21.8 Å². The van der Waals surface area contributed by atoms with Crippen molar-refractivity contribution in [1.29, 1.82) is 0 Å². The Morgan fingerprint density at radius 1 is 1.25 bits per heavy atom. The average Bonchev–Trinajstić information content (AvgIpc) is 2.26. The lowest BCUT2D eigenvalue weighted by Gasteiger charge is -2.00. The van der Waals surface area contributed by atoms with Crippen LogP contribution in [0.1, 0.15) is 27.2 Å². The number of methoxy groups -OCH3 is 1. The fourth-order valence-electron chi connectivity index (χ4n) is 0.749. The molecule has 0 radical (unpaired) electrons. The van der Waals surface area contributed by atoms with E-state index in [1.165, 1.54) is 0 Å². The van der Waals surface area contributed by atoms with Crippen molar-refractivity contribution in [2.45, 2.75) is 27.2 Å². The molecule has 0 amide bonds. The first-order valence-corrected chi connectivity index (χ1v) is 5.20. The Balaban J connectivity index is 0. The van der Waals surface area contributed by atoms with E-state index in [1.807, 2.05) is 20.8 Å². The van der Waals surface area contributed by atoms with Gasteiger partial charge in [0, 0.05) is 0 Å². The predicted octanol–water partition coefficient (Wildman–Crippen LogP) is 0.541. The van der Waals surface area contributed by atoms with Crippen LogP contribution in [0.5, 0.6) is 0 Å². The zero-order chi connectivity index (χ0) is 13.0. The summed E-state index contributed by atoms with van der Waals surface area (Å²) < 4.78 is 4.85. The van der Waals surface area contributed by atoms with Crippen molar-refractivity contribution < 1.29 is 4.74 Å². The molecule has 0 unspecified atom stereocenters. The van der Waals surface area contributed by atoms with E-state index in [1.54, 1.807) is 13.4 Å². The molecule has 0 rings (SSSR count). The van der Waals surface area contributed by atoms with Gasteiger partial charge in [-0.25, -0.2) is 4.99 Å². The lowest BCUT2D eigenvalue weighted by atomic mass is 10.2. The molecule has 0 bridgehead atoms. The minimum atomic E-state index is -0.0972. The molecule has 0 aliphatic heterocycles. The maximum absolute atomic E-state index is 5.41. The second-order valence-electron chi connectivity index (χ2n) is 2.58. The van der Waals surface area contributed by atoms with E-state index in [9.17, 15) is 0 Å². The molecule has 6 nitrogen and oxygen atoms in total. The number of aliphatic imine (C=N–C) groups is 2. The highest BCUT2D eigenvalue weighted by molar-refractivity contribution is 5.92. The van der Waals surface area contributed by atoms with Gasteiger partial charge in [-0.15, -0.1) is 0 Å². The Morgan fingerprint density at radius 2 is 1.81 bits per heavy atom. The van der Waals surface area contributed by atoms with Crippen LogP contribution in [-0.2, 0) is 4.74 Å². The normalized spacial score (nSPS) is 11.2. The molecule has 0 aromatic heterocycles. The second kappa shape index (κ2) is 11.4. The van der Waals surface area contributed by atoms with E-state index in [0.717, 1.165) is 12.0 Å². The van der Waals surface area contributed by atoms with Crippen LogP contribution in [0.3, 0.4) is 0 Å². The lowest BCUT2D eigenvalue weighted by molar-refractivity contribution is 0.332. The molecular weight excluding hydrogens is 206 g/mol. The van der Waals surface area contributed by atoms with E-state index >= 15 is 0 Å². The van der Waals surface area contributed by atoms with Crippen molar-refractivity contribution in [2.24, 2.45) is 27.2 Å². The Hall–Kier alpha value is -1.72. The lowest BCUT2D eigenvalue weighted by Crippen LogP contribution is -2.26. The summed E-state index contributed by atoms with van der Waals surface area (Å²) in [5, 5.41) is 0. The Bertz CT molecular complexity index is 254. The summed E-state index contributed by atoms with van der Waals surface area (Å²) >= 11 is 0. The van der Waals surface area contributed by atoms with Crippen LogP contribution in [-0.4, -0.2) is 25.6 Å². The van der Waals surface area contributed by atoms with Crippen LogP contribution in [0, 0.1) is 0 Å². The monoisotopic (exact) mass is 229 g/mol. The third-order valence-corrected chi connectivity index (χ3v) is 1.43. The van der Waals surface area contributed by atoms with Crippen molar-refractivity contribution in [3.05, 3.63) is 11.8 Å². The van der Waals surface area contributed by atoms with E-state index in [2.05, 4.69) is 9.98 Å². The molecule has 6 heteroatoms. The molecule has 0 saturated carbocycles. The van der Waals surface area contributed by atoms with Gasteiger partial charge in [-0.2, -0.15) is 4.99 Å². The average molecular weight is 229 g/mol. The SMILES string of the molecule is CC.CC/C(=C\OC)CN=C(N)N=C(N)N. The van der Waals surface area contributed by atoms with Crippen molar-refractivity contribution >= 4 is 11.9 Å². The van der Waals surface area contributed by atoms with Crippen LogP contribution >= 0.6 is 0 Å². The number of ether oxygens (including phenoxy) is 1. The van der Waals surface area contributed by atoms with Gasteiger partial charge in [-0.1, -0.05) is 20.8 Å². The molecule has 0 heterocycles. The number of guanidine groups is 2. The van der Waals surface area contributed by atoms with Gasteiger partial charge >= 0.3 is 0 Å². The van der Waals surface area contributed by atoms with Crippen LogP contribution in [0.25, 0.3) is 0 Å². The standard InChI is InChI=1S/C8H17N5O.C2H6/c1-3-6(5-14-2)4-12-8(11)13-7(9)10;1-2/h5H,3-4H2,1-2H3,(H6,9,10,11,12,13);1-2H3/b6-5+;. The van der Waals surface area contributed by atoms with E-state index in [0.29, 0.717) is 6.54 Å². The first-order chi connectivity index (χ1) is 7.60. The van der Waals surface area contributed by atoms with Crippen LogP contribution < -0.4 is 17.2 Å². The Morgan fingerprint density at radius 3 is 2.19 bits per heavy atom. The third kappa shape index (κ3) is 10.4. The zero-order valence-electron chi connectivity index (χ0n) is 10.5. The Kier molecular flexibility index (Phi) is 11.9. The fourth-order valence-corrected chi connectivity index (χ4v) is 0.749. The largest absolute Gasteiger partial charge is 0.504 e. The van der Waals surface area contributed by atoms with Crippen molar-refractivity contribution in [3.8, 4) is 0 Å². The molecule has 16 heavy (non-hydrogen) atoms. The minimum absolute atomic E-state index is 0.0699. The Labute approximate surface area is 97.3 Å². The fraction of sp³-hybridized carbons (Fsp3) is 0.600. The van der Waals surface area contributed by atoms with Crippen molar-refractivity contribution in [3.63, 3.8) is 0 Å². The highest BCUT2D eigenvalue weighted by Crippen LogP contribution is 2.00. The van der Waals surface area contributed by atoms with Crippen LogP contribution in [0.4, 0.5) is 0 Å². The molecule has 0 aromatic rings. The molecular formula is C10H23N5O. The molecule has 0 aromatic carbocycles. The molecule has 0 saturated heterocycles. The van der Waals surface area contributed by atoms with Gasteiger partial charge in [0.25, 0.3) is 0 Å². The van der Waals surface area contributed by atoms with Gasteiger partial charge in [-0.05, 0) is 12.0 Å². The first kappa shape index (κ1) is 16.7. The number of nitrogens with zero attached hydrogens (tertiary/aromatic N) is 2. The molecule has 0 aliphatic carbocycles. The third-order valence-electron chi connectivity index (χ3n) is 1.43. The highest BCUT2D eigenvalue weighted by Gasteiger charge is 1.94. The molecule has 0 fully saturated rings. The maximum Gasteiger partial charge on any atom is 0.218 e. The second-order valence-corrected chi connectivity index (χ2v) is 2.58. The minimum Gasteiger partial charge on any atom is -0.504 e. The van der Waals surface area contributed by atoms with Gasteiger partial charge in [0.05, 0.1) is 19.9 Å². The molecule has 6 N–H and O–H groups in total. The predicted molar refractivity (Wildman–Crippen MR) is 69.0 cm³/mol. The summed E-state index contributed by atoms with van der Waals surface area (Å²) in [4.78, 5) is 7.53. The van der Waals surface area contributed by atoms with Crippen molar-refractivity contribution in [1.82, 2.24) is 0 Å². The van der Waals surface area contributed by atoms with E-state index in [-0.39, 0.29) is 11.9 Å². The summed E-state index contributed by atoms with van der Waals surface area (Å²) in [5.41, 5.74) is 16.7. The quantitative estimate of drug-likeness (QED) is 0.371. The van der Waals surface area contributed by atoms with E-state index < -0.39 is 0 Å². The molecule has 0 atom stereocenters. The molecule has 0 spiro atoms. The summed E-state index contributed by atoms with van der Waals surface area (Å²) in [6.07, 6.45) is 2.47.